The molecule has 32 heavy (non-hydrogen) atoms. The largest absolute Gasteiger partial charge is 0.481 e. The van der Waals surface area contributed by atoms with E-state index in [0.717, 1.165) is 37.9 Å². The zero-order valence-electron chi connectivity index (χ0n) is 17.1. The predicted octanol–water partition coefficient (Wildman–Crippen LogP) is 4.32. The maximum Gasteiger partial charge on any atom is 0.307 e. The molecule has 3 fully saturated rings. The van der Waals surface area contributed by atoms with Crippen molar-refractivity contribution >= 4 is 22.8 Å². The van der Waals surface area contributed by atoms with Gasteiger partial charge in [0.15, 0.2) is 11.6 Å². The minimum Gasteiger partial charge on any atom is -0.481 e. The molecule has 0 radical (unpaired) electrons. The summed E-state index contributed by atoms with van der Waals surface area (Å²) in [6.45, 7) is 0.289. The molecule has 7 nitrogen and oxygen atoms in total. The van der Waals surface area contributed by atoms with Gasteiger partial charge >= 0.3 is 5.97 Å². The molecule has 0 spiro atoms. The minimum absolute atomic E-state index is 0.0124. The van der Waals surface area contributed by atoms with Crippen LogP contribution in [0.25, 0.3) is 22.3 Å². The van der Waals surface area contributed by atoms with E-state index in [1.165, 1.54) is 6.07 Å². The summed E-state index contributed by atoms with van der Waals surface area (Å²) in [6, 6.07) is 4.32. The number of carbonyl (C=O) groups is 1. The second kappa shape index (κ2) is 7.86. The highest BCUT2D eigenvalue weighted by Gasteiger charge is 2.47. The number of aliphatic carboxylic acids is 1. The Hall–Kier alpha value is -3.54. The Morgan fingerprint density at radius 1 is 1.25 bits per heavy atom. The molecule has 2 atom stereocenters. The number of anilines is 1. The number of nitrogens with one attached hydrogen (secondary N) is 2. The van der Waals surface area contributed by atoms with Gasteiger partial charge in [0, 0.05) is 23.7 Å². The number of hydrogen-bond acceptors (Lipinski definition) is 5. The number of halogens is 2. The van der Waals surface area contributed by atoms with Crippen LogP contribution >= 0.6 is 0 Å². The second-order valence-corrected chi connectivity index (χ2v) is 8.66. The number of hydrogen-bond donors (Lipinski definition) is 3. The molecule has 3 N–H and O–H groups in total. The molecule has 9 heteroatoms. The zero-order chi connectivity index (χ0) is 22.4. The fourth-order valence-electron chi connectivity index (χ4n) is 5.55. The molecule has 3 aliphatic carbocycles. The Balaban J connectivity index is 1.48. The number of carboxylic acids is 1. The number of fused-ring (bicyclic) bond motifs is 4. The van der Waals surface area contributed by atoms with Gasteiger partial charge in [-0.1, -0.05) is 0 Å². The van der Waals surface area contributed by atoms with Crippen molar-refractivity contribution in [3.8, 4) is 17.3 Å². The average Bonchev–Trinajstić information content (AvgIpc) is 3.21. The lowest BCUT2D eigenvalue weighted by molar-refractivity contribution is -0.151. The van der Waals surface area contributed by atoms with Gasteiger partial charge in [0.05, 0.1) is 23.4 Å². The molecular weight excluding hydrogens is 416 g/mol. The molecule has 3 aromatic heterocycles. The van der Waals surface area contributed by atoms with Crippen molar-refractivity contribution in [2.45, 2.75) is 25.7 Å². The number of rotatable bonds is 5. The molecule has 0 unspecified atom stereocenters. The summed E-state index contributed by atoms with van der Waals surface area (Å²) in [6.07, 6.45) is 6.47. The van der Waals surface area contributed by atoms with Gasteiger partial charge in [0.2, 0.25) is 0 Å². The van der Waals surface area contributed by atoms with Crippen molar-refractivity contribution in [2.75, 3.05) is 11.9 Å². The highest BCUT2D eigenvalue weighted by molar-refractivity contribution is 5.94. The first-order valence-electron chi connectivity index (χ1n) is 10.7. The summed E-state index contributed by atoms with van der Waals surface area (Å²) < 4.78 is 28.5. The molecule has 3 aromatic rings. The summed E-state index contributed by atoms with van der Waals surface area (Å²) in [7, 11) is 0. The lowest BCUT2D eigenvalue weighted by Gasteiger charge is -2.46. The van der Waals surface area contributed by atoms with E-state index in [1.54, 1.807) is 6.20 Å². The molecule has 2 bridgehead atoms. The van der Waals surface area contributed by atoms with Gasteiger partial charge in [-0.15, -0.1) is 0 Å². The lowest BCUT2D eigenvalue weighted by atomic mass is 9.58. The molecule has 0 aliphatic heterocycles. The Labute approximate surface area is 182 Å². The molecule has 0 amide bonds. The van der Waals surface area contributed by atoms with Crippen LogP contribution in [0.1, 0.15) is 31.2 Å². The van der Waals surface area contributed by atoms with Gasteiger partial charge in [-0.05, 0) is 55.6 Å². The number of nitriles is 1. The average molecular weight is 437 g/mol. The van der Waals surface area contributed by atoms with E-state index in [-0.39, 0.29) is 41.4 Å². The third-order valence-corrected chi connectivity index (χ3v) is 7.03. The second-order valence-electron chi connectivity index (χ2n) is 8.66. The van der Waals surface area contributed by atoms with E-state index in [4.69, 9.17) is 0 Å². The van der Waals surface area contributed by atoms with E-state index in [9.17, 15) is 23.9 Å². The van der Waals surface area contributed by atoms with Crippen molar-refractivity contribution in [2.24, 2.45) is 23.7 Å². The number of aromatic amines is 1. The first-order chi connectivity index (χ1) is 15.5. The number of nitrogens with zero attached hydrogens (tertiary/aromatic N) is 3. The Bertz CT molecular complexity index is 1240. The first-order valence-corrected chi connectivity index (χ1v) is 10.7. The van der Waals surface area contributed by atoms with Crippen LogP contribution in [0, 0.1) is 46.6 Å². The normalized spacial score (nSPS) is 24.4. The quantitative estimate of drug-likeness (QED) is 0.548. The monoisotopic (exact) mass is 437 g/mol. The van der Waals surface area contributed by atoms with Crippen molar-refractivity contribution in [3.05, 3.63) is 41.7 Å². The van der Waals surface area contributed by atoms with Gasteiger partial charge in [0.1, 0.15) is 17.5 Å². The topological polar surface area (TPSA) is 115 Å². The van der Waals surface area contributed by atoms with Crippen molar-refractivity contribution in [1.82, 2.24) is 15.0 Å². The van der Waals surface area contributed by atoms with Crippen LogP contribution in [-0.4, -0.2) is 32.6 Å². The summed E-state index contributed by atoms with van der Waals surface area (Å²) >= 11 is 0. The van der Waals surface area contributed by atoms with Crippen LogP contribution in [0.3, 0.4) is 0 Å². The smallest absolute Gasteiger partial charge is 0.307 e. The highest BCUT2D eigenvalue weighted by atomic mass is 19.1. The minimum atomic E-state index is -0.798. The van der Waals surface area contributed by atoms with Crippen molar-refractivity contribution < 1.29 is 18.7 Å². The zero-order valence-corrected chi connectivity index (χ0v) is 17.1. The van der Waals surface area contributed by atoms with E-state index in [0.29, 0.717) is 16.6 Å². The maximum absolute atomic E-state index is 14.8. The van der Waals surface area contributed by atoms with Crippen LogP contribution in [0.4, 0.5) is 14.6 Å². The fraction of sp³-hybridized carbons (Fsp3) is 0.391. The number of carboxylic acid groups (broad SMARTS) is 1. The third-order valence-electron chi connectivity index (χ3n) is 7.03. The highest BCUT2D eigenvalue weighted by Crippen LogP contribution is 2.49. The summed E-state index contributed by atoms with van der Waals surface area (Å²) in [5, 5.41) is 22.7. The van der Waals surface area contributed by atoms with Crippen LogP contribution in [-0.2, 0) is 4.79 Å². The number of H-pyrrole nitrogens is 1. The Morgan fingerprint density at radius 2 is 2.00 bits per heavy atom. The molecule has 3 aliphatic rings. The van der Waals surface area contributed by atoms with Crippen molar-refractivity contribution in [3.63, 3.8) is 0 Å². The fourth-order valence-corrected chi connectivity index (χ4v) is 5.55. The van der Waals surface area contributed by atoms with Gasteiger partial charge in [-0.3, -0.25) is 4.79 Å². The molecule has 164 valence electrons. The van der Waals surface area contributed by atoms with Gasteiger partial charge in [-0.25, -0.2) is 18.7 Å². The molecule has 0 aromatic carbocycles. The van der Waals surface area contributed by atoms with Gasteiger partial charge in [-0.2, -0.15) is 5.26 Å². The van der Waals surface area contributed by atoms with Crippen LogP contribution in [0.15, 0.2) is 24.5 Å². The standard InChI is InChI=1S/C23H21F2N5O2/c24-14-6-15-17(10-28-21(15)27-8-14)20-13(7-26)5-18(25)22(30-20)29-9-16-11-1-3-12(4-2-11)19(16)23(31)32/h5-6,8,10-12,16,19H,1-4,9H2,(H,27,28)(H,29,30)(H,31,32)/t11?,12?,16-,19-/m1/s1. The van der Waals surface area contributed by atoms with Gasteiger partial charge < -0.3 is 15.4 Å². The molecule has 0 saturated heterocycles. The summed E-state index contributed by atoms with van der Waals surface area (Å²) in [4.78, 5) is 23.1. The van der Waals surface area contributed by atoms with Crippen LogP contribution < -0.4 is 5.32 Å². The molecular formula is C23H21F2N5O2. The van der Waals surface area contributed by atoms with Crippen molar-refractivity contribution in [1.29, 1.82) is 5.26 Å². The first kappa shape index (κ1) is 20.4. The van der Waals surface area contributed by atoms with Gasteiger partial charge in [0.25, 0.3) is 0 Å². The molecule has 6 rings (SSSR count). The number of pyridine rings is 2. The Kier molecular flexibility index (Phi) is 5.00. The van der Waals surface area contributed by atoms with E-state index in [2.05, 4.69) is 20.3 Å². The van der Waals surface area contributed by atoms with Crippen LogP contribution in [0.5, 0.6) is 0 Å². The lowest BCUT2D eigenvalue weighted by Crippen LogP contribution is -2.46. The summed E-state index contributed by atoms with van der Waals surface area (Å²) in [5.41, 5.74) is 1.08. The van der Waals surface area contributed by atoms with E-state index < -0.39 is 23.5 Å². The molecule has 3 heterocycles. The predicted molar refractivity (Wildman–Crippen MR) is 113 cm³/mol. The summed E-state index contributed by atoms with van der Waals surface area (Å²) in [5.74, 6) is -2.18. The molecule has 3 saturated carbocycles. The van der Waals surface area contributed by atoms with E-state index >= 15 is 0 Å². The van der Waals surface area contributed by atoms with Crippen LogP contribution in [0.2, 0.25) is 0 Å². The Morgan fingerprint density at radius 3 is 2.72 bits per heavy atom. The number of aromatic nitrogens is 3. The maximum atomic E-state index is 14.8. The third kappa shape index (κ3) is 3.36. The van der Waals surface area contributed by atoms with E-state index in [1.807, 2.05) is 6.07 Å². The SMILES string of the molecule is N#Cc1cc(F)c(NC[C@@H]2C3CCC(CC3)[C@H]2C(=O)O)nc1-c1c[nH]c2ncc(F)cc12.